The number of hydrogen-bond donors (Lipinski definition) is 1. The molecule has 0 aliphatic rings. The number of benzene rings is 3. The monoisotopic (exact) mass is 383 g/mol. The number of pyridine rings is 1. The maximum Gasteiger partial charge on any atom is 0.336 e. The number of carboxylic acid groups (broad SMARTS) is 1. The number of nitrogens with zero attached hydrogens (tertiary/aromatic N) is 1. The molecule has 0 spiro atoms. The van der Waals surface area contributed by atoms with Gasteiger partial charge < -0.3 is 9.84 Å². The molecule has 0 fully saturated rings. The molecule has 1 aromatic heterocycles. The van der Waals surface area contributed by atoms with Gasteiger partial charge in [-0.2, -0.15) is 0 Å². The Labute approximate surface area is 169 Å². The van der Waals surface area contributed by atoms with E-state index in [0.717, 1.165) is 28.0 Å². The van der Waals surface area contributed by atoms with Gasteiger partial charge in [0.15, 0.2) is 0 Å². The fraction of sp³-hybridized carbons (Fsp3) is 0.120. The van der Waals surface area contributed by atoms with Gasteiger partial charge in [-0.1, -0.05) is 48.0 Å². The molecule has 0 saturated carbocycles. The molecule has 4 heteroatoms. The molecule has 0 atom stereocenters. The van der Waals surface area contributed by atoms with Gasteiger partial charge in [-0.05, 0) is 55.3 Å². The normalized spacial score (nSPS) is 10.8. The minimum atomic E-state index is -0.950. The van der Waals surface area contributed by atoms with Gasteiger partial charge in [-0.15, -0.1) is 0 Å². The van der Waals surface area contributed by atoms with Crippen LogP contribution in [0.1, 0.15) is 22.8 Å². The van der Waals surface area contributed by atoms with E-state index in [2.05, 4.69) is 4.98 Å². The van der Waals surface area contributed by atoms with Gasteiger partial charge in [0.2, 0.25) is 0 Å². The van der Waals surface area contributed by atoms with Crippen molar-refractivity contribution in [1.82, 2.24) is 4.98 Å². The number of fused-ring (bicyclic) bond motifs is 1. The third-order valence-electron chi connectivity index (χ3n) is 4.85. The molecule has 1 N–H and O–H groups in total. The number of rotatable bonds is 5. The van der Waals surface area contributed by atoms with Crippen molar-refractivity contribution < 1.29 is 14.6 Å². The molecule has 0 amide bonds. The van der Waals surface area contributed by atoms with Gasteiger partial charge in [0, 0.05) is 10.9 Å². The summed E-state index contributed by atoms with van der Waals surface area (Å²) < 4.78 is 5.58. The molecule has 0 radical (unpaired) electrons. The molecule has 144 valence electrons. The van der Waals surface area contributed by atoms with Crippen molar-refractivity contribution in [2.24, 2.45) is 0 Å². The molecule has 0 unspecified atom stereocenters. The summed E-state index contributed by atoms with van der Waals surface area (Å²) in [6, 6.07) is 23.3. The zero-order chi connectivity index (χ0) is 20.4. The molecule has 0 aliphatic carbocycles. The lowest BCUT2D eigenvalue weighted by Gasteiger charge is -2.10. The van der Waals surface area contributed by atoms with E-state index in [9.17, 15) is 9.90 Å². The van der Waals surface area contributed by atoms with Crippen molar-refractivity contribution in [2.45, 2.75) is 13.8 Å². The van der Waals surface area contributed by atoms with Crippen LogP contribution in [0.25, 0.3) is 33.3 Å². The molecule has 0 saturated heterocycles. The second-order valence-electron chi connectivity index (χ2n) is 6.92. The van der Waals surface area contributed by atoms with Crippen molar-refractivity contribution in [1.29, 1.82) is 0 Å². The molecular formula is C25H21NO3. The van der Waals surface area contributed by atoms with Crippen LogP contribution in [0.5, 0.6) is 5.75 Å². The number of ether oxygens (including phenoxy) is 1. The third-order valence-corrected chi connectivity index (χ3v) is 4.85. The van der Waals surface area contributed by atoms with Crippen LogP contribution in [-0.4, -0.2) is 22.7 Å². The maximum atomic E-state index is 11.8. The van der Waals surface area contributed by atoms with Gasteiger partial charge in [0.1, 0.15) is 5.75 Å². The van der Waals surface area contributed by atoms with Crippen molar-refractivity contribution in [2.75, 3.05) is 6.61 Å². The average Bonchev–Trinajstić information content (AvgIpc) is 2.73. The smallest absolute Gasteiger partial charge is 0.336 e. The Morgan fingerprint density at radius 2 is 1.69 bits per heavy atom. The second kappa shape index (κ2) is 7.76. The quantitative estimate of drug-likeness (QED) is 0.461. The topological polar surface area (TPSA) is 59.4 Å². The Hall–Kier alpha value is -3.66. The van der Waals surface area contributed by atoms with Gasteiger partial charge in [-0.3, -0.25) is 0 Å². The van der Waals surface area contributed by atoms with Crippen LogP contribution < -0.4 is 4.74 Å². The van der Waals surface area contributed by atoms with Gasteiger partial charge in [-0.25, -0.2) is 9.78 Å². The van der Waals surface area contributed by atoms with Gasteiger partial charge in [0.25, 0.3) is 0 Å². The predicted molar refractivity (Wildman–Crippen MR) is 115 cm³/mol. The lowest BCUT2D eigenvalue weighted by molar-refractivity contribution is 0.0699. The number of aryl methyl sites for hydroxylation is 1. The first-order valence-electron chi connectivity index (χ1n) is 9.53. The van der Waals surface area contributed by atoms with Crippen LogP contribution in [-0.2, 0) is 0 Å². The molecule has 29 heavy (non-hydrogen) atoms. The van der Waals surface area contributed by atoms with E-state index in [1.165, 1.54) is 0 Å². The van der Waals surface area contributed by atoms with E-state index < -0.39 is 5.97 Å². The molecule has 3 aromatic carbocycles. The minimum absolute atomic E-state index is 0.266. The van der Waals surface area contributed by atoms with E-state index in [0.29, 0.717) is 23.2 Å². The summed E-state index contributed by atoms with van der Waals surface area (Å²) in [4.78, 5) is 16.5. The largest absolute Gasteiger partial charge is 0.494 e. The number of carboxylic acids is 1. The fourth-order valence-electron chi connectivity index (χ4n) is 3.43. The first-order valence-corrected chi connectivity index (χ1v) is 9.53. The lowest BCUT2D eigenvalue weighted by Crippen LogP contribution is -2.00. The highest BCUT2D eigenvalue weighted by atomic mass is 16.5. The van der Waals surface area contributed by atoms with Crippen molar-refractivity contribution in [3.05, 3.63) is 83.9 Å². The van der Waals surface area contributed by atoms with E-state index in [1.807, 2.05) is 80.6 Å². The van der Waals surface area contributed by atoms with Crippen LogP contribution in [0.2, 0.25) is 0 Å². The second-order valence-corrected chi connectivity index (χ2v) is 6.92. The summed E-state index contributed by atoms with van der Waals surface area (Å²) in [7, 11) is 0. The number of carbonyl (C=O) groups is 1. The summed E-state index contributed by atoms with van der Waals surface area (Å²) in [6.07, 6.45) is 0. The first-order chi connectivity index (χ1) is 14.0. The van der Waals surface area contributed by atoms with Gasteiger partial charge >= 0.3 is 5.97 Å². The first kappa shape index (κ1) is 18.7. The van der Waals surface area contributed by atoms with Gasteiger partial charge in [0.05, 0.1) is 23.4 Å². The Kier molecular flexibility index (Phi) is 5.00. The van der Waals surface area contributed by atoms with E-state index in [-0.39, 0.29) is 5.56 Å². The molecular weight excluding hydrogens is 362 g/mol. The highest BCUT2D eigenvalue weighted by molar-refractivity contribution is 6.04. The minimum Gasteiger partial charge on any atom is -0.494 e. The lowest BCUT2D eigenvalue weighted by atomic mass is 10.00. The third kappa shape index (κ3) is 3.83. The highest BCUT2D eigenvalue weighted by Gasteiger charge is 2.13. The molecule has 1 heterocycles. The van der Waals surface area contributed by atoms with Crippen molar-refractivity contribution >= 4 is 16.9 Å². The van der Waals surface area contributed by atoms with E-state index >= 15 is 0 Å². The highest BCUT2D eigenvalue weighted by Crippen LogP contribution is 2.29. The standard InChI is InChI=1S/C25H21NO3/c1-3-29-20-6-4-5-19(14-20)17-8-10-18(11-9-17)24-15-22(25(27)28)21-13-16(2)7-12-23(21)26-24/h4-15H,3H2,1-2H3,(H,27,28). The summed E-state index contributed by atoms with van der Waals surface area (Å²) in [6.45, 7) is 4.53. The van der Waals surface area contributed by atoms with Crippen molar-refractivity contribution in [3.63, 3.8) is 0 Å². The Bertz CT molecular complexity index is 1200. The molecule has 0 aliphatic heterocycles. The molecule has 0 bridgehead atoms. The summed E-state index contributed by atoms with van der Waals surface area (Å²) in [5.41, 5.74) is 5.60. The SMILES string of the molecule is CCOc1cccc(-c2ccc(-c3cc(C(=O)O)c4cc(C)ccc4n3)cc2)c1. The zero-order valence-corrected chi connectivity index (χ0v) is 16.3. The summed E-state index contributed by atoms with van der Waals surface area (Å²) in [5, 5.41) is 10.3. The van der Waals surface area contributed by atoms with E-state index in [4.69, 9.17) is 4.74 Å². The van der Waals surface area contributed by atoms with Crippen LogP contribution in [0, 0.1) is 6.92 Å². The zero-order valence-electron chi connectivity index (χ0n) is 16.3. The number of aromatic carboxylic acids is 1. The van der Waals surface area contributed by atoms with Crippen LogP contribution in [0.4, 0.5) is 0 Å². The van der Waals surface area contributed by atoms with Crippen LogP contribution in [0.15, 0.2) is 72.8 Å². The predicted octanol–water partition coefficient (Wildman–Crippen LogP) is 5.97. The van der Waals surface area contributed by atoms with Crippen LogP contribution in [0.3, 0.4) is 0 Å². The van der Waals surface area contributed by atoms with Crippen molar-refractivity contribution in [3.8, 4) is 28.1 Å². The summed E-state index contributed by atoms with van der Waals surface area (Å²) >= 11 is 0. The number of hydrogen-bond acceptors (Lipinski definition) is 3. The summed E-state index contributed by atoms with van der Waals surface area (Å²) in [5.74, 6) is -0.111. The van der Waals surface area contributed by atoms with E-state index in [1.54, 1.807) is 6.07 Å². The Morgan fingerprint density at radius 1 is 0.931 bits per heavy atom. The van der Waals surface area contributed by atoms with Crippen LogP contribution >= 0.6 is 0 Å². The Morgan fingerprint density at radius 3 is 2.41 bits per heavy atom. The Balaban J connectivity index is 1.74. The number of aromatic nitrogens is 1. The molecule has 4 nitrogen and oxygen atoms in total. The molecule has 4 rings (SSSR count). The average molecular weight is 383 g/mol. The fourth-order valence-corrected chi connectivity index (χ4v) is 3.43. The maximum absolute atomic E-state index is 11.8. The molecule has 4 aromatic rings.